The van der Waals surface area contributed by atoms with Crippen LogP contribution in [0.1, 0.15) is 13.3 Å². The Morgan fingerprint density at radius 3 is 2.39 bits per heavy atom. The lowest BCUT2D eigenvalue weighted by molar-refractivity contribution is 0.573. The molecule has 2 bridgehead atoms. The van der Waals surface area contributed by atoms with E-state index in [9.17, 15) is 0 Å². The third-order valence-corrected chi connectivity index (χ3v) is 4.54. The molecule has 0 aromatic carbocycles. The zero-order chi connectivity index (χ0) is 12.1. The van der Waals surface area contributed by atoms with Gasteiger partial charge < -0.3 is 0 Å². The average molecular weight is 232 g/mol. The highest BCUT2D eigenvalue weighted by Crippen LogP contribution is 2.45. The Labute approximate surface area is 108 Å². The quantitative estimate of drug-likeness (QED) is 0.579. The SMILES string of the molecule is CC1=C2C=CC3=CC=CC4=CC=C(C=C1)C2CC34. The van der Waals surface area contributed by atoms with Gasteiger partial charge in [-0.15, -0.1) is 0 Å². The van der Waals surface area contributed by atoms with E-state index in [1.54, 1.807) is 0 Å². The first kappa shape index (κ1) is 10.1. The summed E-state index contributed by atoms with van der Waals surface area (Å²) in [4.78, 5) is 0. The molecule has 0 heteroatoms. The Kier molecular flexibility index (Phi) is 2.02. The molecule has 0 saturated carbocycles. The Morgan fingerprint density at radius 2 is 1.50 bits per heavy atom. The van der Waals surface area contributed by atoms with E-state index >= 15 is 0 Å². The van der Waals surface area contributed by atoms with E-state index in [0.717, 1.165) is 0 Å². The Bertz CT molecular complexity index is 627. The topological polar surface area (TPSA) is 0 Å². The van der Waals surface area contributed by atoms with E-state index in [0.29, 0.717) is 11.8 Å². The summed E-state index contributed by atoms with van der Waals surface area (Å²) in [7, 11) is 0. The van der Waals surface area contributed by atoms with Gasteiger partial charge in [0.2, 0.25) is 0 Å². The monoisotopic (exact) mass is 232 g/mol. The van der Waals surface area contributed by atoms with Gasteiger partial charge in [0.25, 0.3) is 0 Å². The van der Waals surface area contributed by atoms with Crippen LogP contribution in [-0.2, 0) is 0 Å². The minimum Gasteiger partial charge on any atom is -0.0617 e. The van der Waals surface area contributed by atoms with Crippen LogP contribution >= 0.6 is 0 Å². The first-order chi connectivity index (χ1) is 8.83. The van der Waals surface area contributed by atoms with Crippen molar-refractivity contribution in [3.05, 3.63) is 82.5 Å². The maximum absolute atomic E-state index is 2.34. The average Bonchev–Trinajstić information content (AvgIpc) is 2.69. The van der Waals surface area contributed by atoms with Crippen LogP contribution in [0.2, 0.25) is 0 Å². The molecule has 0 fully saturated rings. The fourth-order valence-electron chi connectivity index (χ4n) is 3.50. The van der Waals surface area contributed by atoms with Gasteiger partial charge in [0.05, 0.1) is 0 Å². The van der Waals surface area contributed by atoms with Gasteiger partial charge in [-0.3, -0.25) is 0 Å². The van der Waals surface area contributed by atoms with Crippen molar-refractivity contribution in [2.45, 2.75) is 13.3 Å². The van der Waals surface area contributed by atoms with Crippen molar-refractivity contribution in [2.75, 3.05) is 0 Å². The smallest absolute Gasteiger partial charge is 0.0101 e. The summed E-state index contributed by atoms with van der Waals surface area (Å²) in [5, 5.41) is 0. The molecule has 0 aliphatic heterocycles. The van der Waals surface area contributed by atoms with Gasteiger partial charge >= 0.3 is 0 Å². The molecule has 0 heterocycles. The highest BCUT2D eigenvalue weighted by molar-refractivity contribution is 5.56. The molecule has 4 aliphatic rings. The maximum atomic E-state index is 2.34. The fourth-order valence-corrected chi connectivity index (χ4v) is 3.50. The van der Waals surface area contributed by atoms with Crippen LogP contribution in [0.15, 0.2) is 82.5 Å². The van der Waals surface area contributed by atoms with Crippen molar-refractivity contribution in [1.82, 2.24) is 0 Å². The fraction of sp³-hybridized carbons (Fsp3) is 0.222. The van der Waals surface area contributed by atoms with E-state index in [1.807, 2.05) is 0 Å². The Morgan fingerprint density at radius 1 is 0.778 bits per heavy atom. The zero-order valence-electron chi connectivity index (χ0n) is 10.6. The predicted molar refractivity (Wildman–Crippen MR) is 76.0 cm³/mol. The van der Waals surface area contributed by atoms with Crippen molar-refractivity contribution in [2.24, 2.45) is 11.8 Å². The van der Waals surface area contributed by atoms with Crippen molar-refractivity contribution >= 4 is 0 Å². The molecule has 18 heavy (non-hydrogen) atoms. The molecular formula is C18H16. The standard InChI is InChI=1S/C18H16/c1-12-5-6-15-8-7-13-3-2-4-14-9-10-16(12)18(15)11-17(13)14/h2-10,17-18H,11H2,1H3. The Balaban J connectivity index is 1.99. The lowest BCUT2D eigenvalue weighted by atomic mass is 9.77. The first-order valence-electron chi connectivity index (χ1n) is 6.70. The van der Waals surface area contributed by atoms with Gasteiger partial charge in [-0.05, 0) is 41.2 Å². The summed E-state index contributed by atoms with van der Waals surface area (Å²) >= 11 is 0. The maximum Gasteiger partial charge on any atom is 0.0101 e. The van der Waals surface area contributed by atoms with Crippen molar-refractivity contribution in [3.63, 3.8) is 0 Å². The molecule has 0 radical (unpaired) electrons. The molecule has 4 aliphatic carbocycles. The molecule has 2 atom stereocenters. The van der Waals surface area contributed by atoms with Gasteiger partial charge in [0.15, 0.2) is 0 Å². The second-order valence-corrected chi connectivity index (χ2v) is 5.51. The zero-order valence-corrected chi connectivity index (χ0v) is 10.6. The molecule has 88 valence electrons. The summed E-state index contributed by atoms with van der Waals surface area (Å²) in [6.07, 6.45) is 21.8. The molecule has 0 aromatic rings. The van der Waals surface area contributed by atoms with Gasteiger partial charge in [-0.1, -0.05) is 54.7 Å². The largest absolute Gasteiger partial charge is 0.0617 e. The van der Waals surface area contributed by atoms with Crippen molar-refractivity contribution in [1.29, 1.82) is 0 Å². The first-order valence-corrected chi connectivity index (χ1v) is 6.70. The summed E-state index contributed by atoms with van der Waals surface area (Å²) < 4.78 is 0. The van der Waals surface area contributed by atoms with E-state index in [1.165, 1.54) is 34.3 Å². The molecule has 0 spiro atoms. The van der Waals surface area contributed by atoms with Crippen LogP contribution in [0.5, 0.6) is 0 Å². The summed E-state index contributed by atoms with van der Waals surface area (Å²) in [5.74, 6) is 1.17. The number of hydrogen-bond donors (Lipinski definition) is 0. The van der Waals surface area contributed by atoms with Crippen LogP contribution in [0.25, 0.3) is 0 Å². The summed E-state index contributed by atoms with van der Waals surface area (Å²) in [6.45, 7) is 2.23. The van der Waals surface area contributed by atoms with E-state index < -0.39 is 0 Å². The van der Waals surface area contributed by atoms with Crippen LogP contribution in [0, 0.1) is 11.8 Å². The number of hydrogen-bond acceptors (Lipinski definition) is 0. The molecule has 4 rings (SSSR count). The predicted octanol–water partition coefficient (Wildman–Crippen LogP) is 4.43. The van der Waals surface area contributed by atoms with Gasteiger partial charge in [0, 0.05) is 11.8 Å². The highest BCUT2D eigenvalue weighted by Gasteiger charge is 2.31. The van der Waals surface area contributed by atoms with Crippen LogP contribution in [-0.4, -0.2) is 0 Å². The third-order valence-electron chi connectivity index (χ3n) is 4.54. The van der Waals surface area contributed by atoms with E-state index in [4.69, 9.17) is 0 Å². The third kappa shape index (κ3) is 1.32. The van der Waals surface area contributed by atoms with Gasteiger partial charge in [-0.25, -0.2) is 0 Å². The Hall–Kier alpha value is -1.82. The molecule has 0 N–H and O–H groups in total. The van der Waals surface area contributed by atoms with Crippen LogP contribution in [0.3, 0.4) is 0 Å². The van der Waals surface area contributed by atoms with Crippen LogP contribution < -0.4 is 0 Å². The molecule has 2 unspecified atom stereocenters. The minimum atomic E-state index is 0.585. The number of rotatable bonds is 0. The van der Waals surface area contributed by atoms with Crippen molar-refractivity contribution < 1.29 is 0 Å². The van der Waals surface area contributed by atoms with Crippen molar-refractivity contribution in [3.8, 4) is 0 Å². The second-order valence-electron chi connectivity index (χ2n) is 5.51. The van der Waals surface area contributed by atoms with Gasteiger partial charge in [0.1, 0.15) is 0 Å². The summed E-state index contributed by atoms with van der Waals surface area (Å²) in [6, 6.07) is 0. The highest BCUT2D eigenvalue weighted by atomic mass is 14.3. The molecular weight excluding hydrogens is 216 g/mol. The van der Waals surface area contributed by atoms with Gasteiger partial charge in [-0.2, -0.15) is 0 Å². The van der Waals surface area contributed by atoms with E-state index in [-0.39, 0.29) is 0 Å². The lowest BCUT2D eigenvalue weighted by Gasteiger charge is -2.26. The molecule has 0 saturated heterocycles. The molecule has 0 amide bonds. The lowest BCUT2D eigenvalue weighted by Crippen LogP contribution is -2.14. The number of allylic oxidation sites excluding steroid dienone is 14. The van der Waals surface area contributed by atoms with E-state index in [2.05, 4.69) is 61.6 Å². The second kappa shape index (κ2) is 3.58. The minimum absolute atomic E-state index is 0.585. The molecule has 0 nitrogen and oxygen atoms in total. The normalized spacial score (nSPS) is 31.5. The van der Waals surface area contributed by atoms with Crippen LogP contribution in [0.4, 0.5) is 0 Å². The summed E-state index contributed by atoms with van der Waals surface area (Å²) in [5.41, 5.74) is 7.33. The molecule has 0 aromatic heterocycles.